The third kappa shape index (κ3) is 3.22. The van der Waals surface area contributed by atoms with Crippen molar-refractivity contribution in [2.24, 2.45) is 0 Å². The Balaban J connectivity index is 3.12. The highest BCUT2D eigenvalue weighted by Crippen LogP contribution is 2.22. The first-order valence-electron chi connectivity index (χ1n) is 5.00. The molecule has 1 amide bonds. The van der Waals surface area contributed by atoms with Crippen LogP contribution in [-0.2, 0) is 11.2 Å². The van der Waals surface area contributed by atoms with E-state index in [1.165, 1.54) is 12.1 Å². The minimum atomic E-state index is -5.06. The van der Waals surface area contributed by atoms with Crippen molar-refractivity contribution in [2.45, 2.75) is 19.5 Å². The van der Waals surface area contributed by atoms with Gasteiger partial charge in [0.15, 0.2) is 0 Å². The number of carbonyl (C=O) groups is 2. The van der Waals surface area contributed by atoms with Crippen LogP contribution in [0, 0.1) is 0 Å². The fourth-order valence-corrected chi connectivity index (χ4v) is 1.29. The number of hydrogen-bond donors (Lipinski definition) is 2. The molecule has 0 fully saturated rings. The molecule has 4 nitrogen and oxygen atoms in total. The molecule has 0 saturated heterocycles. The summed E-state index contributed by atoms with van der Waals surface area (Å²) < 4.78 is 36.3. The number of aryl methyl sites for hydroxylation is 1. The van der Waals surface area contributed by atoms with Crippen LogP contribution in [-0.4, -0.2) is 23.2 Å². The van der Waals surface area contributed by atoms with Crippen LogP contribution in [0.2, 0.25) is 0 Å². The molecule has 0 aliphatic rings. The van der Waals surface area contributed by atoms with Gasteiger partial charge in [0.05, 0.1) is 11.3 Å². The van der Waals surface area contributed by atoms with Gasteiger partial charge in [0.1, 0.15) is 0 Å². The number of amides is 1. The van der Waals surface area contributed by atoms with Gasteiger partial charge in [0, 0.05) is 0 Å². The maximum Gasteiger partial charge on any atom is 0.471 e. The summed E-state index contributed by atoms with van der Waals surface area (Å²) in [5.74, 6) is -3.60. The first-order valence-corrected chi connectivity index (χ1v) is 5.00. The number of nitrogens with one attached hydrogen (secondary N) is 1. The third-order valence-electron chi connectivity index (χ3n) is 2.23. The number of alkyl halides is 3. The van der Waals surface area contributed by atoms with E-state index in [1.54, 1.807) is 12.2 Å². The van der Waals surface area contributed by atoms with E-state index in [0.29, 0.717) is 12.0 Å². The summed E-state index contributed by atoms with van der Waals surface area (Å²) in [5, 5.41) is 10.4. The van der Waals surface area contributed by atoms with Crippen molar-refractivity contribution < 1.29 is 27.9 Å². The van der Waals surface area contributed by atoms with Crippen LogP contribution < -0.4 is 5.32 Å². The molecule has 0 heterocycles. The Kier molecular flexibility index (Phi) is 3.95. The van der Waals surface area contributed by atoms with Gasteiger partial charge < -0.3 is 10.4 Å². The number of halogens is 3. The molecule has 2 N–H and O–H groups in total. The van der Waals surface area contributed by atoms with Gasteiger partial charge in [0.2, 0.25) is 0 Å². The molecule has 0 radical (unpaired) electrons. The van der Waals surface area contributed by atoms with Gasteiger partial charge in [-0.2, -0.15) is 13.2 Å². The van der Waals surface area contributed by atoms with E-state index in [1.807, 2.05) is 0 Å². The summed E-state index contributed by atoms with van der Waals surface area (Å²) in [7, 11) is 0. The van der Waals surface area contributed by atoms with Gasteiger partial charge in [0.25, 0.3) is 0 Å². The third-order valence-corrected chi connectivity index (χ3v) is 2.23. The van der Waals surface area contributed by atoms with E-state index in [4.69, 9.17) is 5.11 Å². The van der Waals surface area contributed by atoms with Crippen molar-refractivity contribution >= 4 is 17.6 Å². The smallest absolute Gasteiger partial charge is 0.471 e. The molecule has 0 atom stereocenters. The van der Waals surface area contributed by atoms with E-state index in [-0.39, 0.29) is 11.3 Å². The predicted molar refractivity (Wildman–Crippen MR) is 57.5 cm³/mol. The maximum atomic E-state index is 12.1. The highest BCUT2D eigenvalue weighted by Gasteiger charge is 2.39. The Morgan fingerprint density at radius 3 is 2.39 bits per heavy atom. The molecule has 0 spiro atoms. The van der Waals surface area contributed by atoms with Crippen molar-refractivity contribution in [3.05, 3.63) is 29.3 Å². The number of carboxylic acids is 1. The van der Waals surface area contributed by atoms with Gasteiger partial charge in [-0.3, -0.25) is 4.79 Å². The van der Waals surface area contributed by atoms with Gasteiger partial charge in [-0.25, -0.2) is 4.79 Å². The number of carbonyl (C=O) groups excluding carboxylic acids is 1. The second kappa shape index (κ2) is 5.07. The molecule has 1 aromatic rings. The summed E-state index contributed by atoms with van der Waals surface area (Å²) in [4.78, 5) is 21.6. The molecular formula is C11H10F3NO3. The summed E-state index contributed by atoms with van der Waals surface area (Å²) >= 11 is 0. The number of carboxylic acid groups (broad SMARTS) is 1. The molecule has 98 valence electrons. The van der Waals surface area contributed by atoms with Crippen molar-refractivity contribution in [1.29, 1.82) is 0 Å². The van der Waals surface area contributed by atoms with Crippen LogP contribution in [0.4, 0.5) is 18.9 Å². The van der Waals surface area contributed by atoms with E-state index < -0.39 is 18.1 Å². The Morgan fingerprint density at radius 2 is 1.94 bits per heavy atom. The summed E-state index contributed by atoms with van der Waals surface area (Å²) in [6.45, 7) is 1.76. The number of aromatic carboxylic acids is 1. The highest BCUT2D eigenvalue weighted by atomic mass is 19.4. The van der Waals surface area contributed by atoms with Crippen LogP contribution >= 0.6 is 0 Å². The lowest BCUT2D eigenvalue weighted by Crippen LogP contribution is -2.30. The maximum absolute atomic E-state index is 12.1. The lowest BCUT2D eigenvalue weighted by Gasteiger charge is -2.11. The Bertz CT molecular complexity index is 483. The lowest BCUT2D eigenvalue weighted by atomic mass is 10.1. The molecule has 0 unspecified atom stereocenters. The first kappa shape index (κ1) is 14.0. The molecule has 0 aliphatic heterocycles. The average molecular weight is 261 g/mol. The monoisotopic (exact) mass is 261 g/mol. The van der Waals surface area contributed by atoms with E-state index in [2.05, 4.69) is 0 Å². The number of hydrogen-bond acceptors (Lipinski definition) is 2. The fourth-order valence-electron chi connectivity index (χ4n) is 1.29. The molecule has 7 heteroatoms. The zero-order chi connectivity index (χ0) is 13.9. The molecule has 1 rings (SSSR count). The largest absolute Gasteiger partial charge is 0.478 e. The fraction of sp³-hybridized carbons (Fsp3) is 0.273. The average Bonchev–Trinajstić information content (AvgIpc) is 2.27. The van der Waals surface area contributed by atoms with Crippen molar-refractivity contribution in [1.82, 2.24) is 0 Å². The van der Waals surface area contributed by atoms with Crippen molar-refractivity contribution in [3.8, 4) is 0 Å². The quantitative estimate of drug-likeness (QED) is 0.878. The molecule has 0 aliphatic carbocycles. The minimum absolute atomic E-state index is 0.357. The lowest BCUT2D eigenvalue weighted by molar-refractivity contribution is -0.167. The molecule has 1 aromatic carbocycles. The topological polar surface area (TPSA) is 66.4 Å². The van der Waals surface area contributed by atoms with Crippen molar-refractivity contribution in [2.75, 3.05) is 5.32 Å². The van der Waals surface area contributed by atoms with Gasteiger partial charge in [-0.1, -0.05) is 13.0 Å². The SMILES string of the molecule is CCc1ccc(C(=O)O)c(NC(=O)C(F)(F)F)c1. The van der Waals surface area contributed by atoms with Crippen LogP contribution in [0.15, 0.2) is 18.2 Å². The van der Waals surface area contributed by atoms with E-state index >= 15 is 0 Å². The van der Waals surface area contributed by atoms with Crippen LogP contribution in [0.1, 0.15) is 22.8 Å². The number of rotatable bonds is 3. The number of benzene rings is 1. The molecule has 0 aromatic heterocycles. The number of anilines is 1. The van der Waals surface area contributed by atoms with E-state index in [0.717, 1.165) is 6.07 Å². The Morgan fingerprint density at radius 1 is 1.33 bits per heavy atom. The predicted octanol–water partition coefficient (Wildman–Crippen LogP) is 2.45. The first-order chi connectivity index (χ1) is 8.25. The second-order valence-corrected chi connectivity index (χ2v) is 3.49. The highest BCUT2D eigenvalue weighted by molar-refractivity contribution is 6.02. The zero-order valence-electron chi connectivity index (χ0n) is 9.34. The van der Waals surface area contributed by atoms with Crippen molar-refractivity contribution in [3.63, 3.8) is 0 Å². The molecule has 18 heavy (non-hydrogen) atoms. The summed E-state index contributed by atoms with van der Waals surface area (Å²) in [6, 6.07) is 3.85. The van der Waals surface area contributed by atoms with Crippen LogP contribution in [0.5, 0.6) is 0 Å². The van der Waals surface area contributed by atoms with E-state index in [9.17, 15) is 22.8 Å². The minimum Gasteiger partial charge on any atom is -0.478 e. The van der Waals surface area contributed by atoms with Gasteiger partial charge in [-0.05, 0) is 24.1 Å². The van der Waals surface area contributed by atoms with Gasteiger partial charge >= 0.3 is 18.1 Å². The second-order valence-electron chi connectivity index (χ2n) is 3.49. The molecule has 0 saturated carbocycles. The zero-order valence-corrected chi connectivity index (χ0v) is 9.34. The normalized spacial score (nSPS) is 11.1. The molecule has 0 bridgehead atoms. The van der Waals surface area contributed by atoms with Crippen LogP contribution in [0.3, 0.4) is 0 Å². The standard InChI is InChI=1S/C11H10F3NO3/c1-2-6-3-4-7(9(16)17)8(5-6)15-10(18)11(12,13)14/h3-5H,2H2,1H3,(H,15,18)(H,16,17). The van der Waals surface area contributed by atoms with Crippen LogP contribution in [0.25, 0.3) is 0 Å². The molecular weight excluding hydrogens is 251 g/mol. The summed E-state index contributed by atoms with van der Waals surface area (Å²) in [6.07, 6.45) is -4.55. The summed E-state index contributed by atoms with van der Waals surface area (Å²) in [5.41, 5.74) is -0.119. The Hall–Kier alpha value is -2.05. The Labute approximate surface area is 100 Å². The van der Waals surface area contributed by atoms with Gasteiger partial charge in [-0.15, -0.1) is 0 Å².